The van der Waals surface area contributed by atoms with E-state index in [1.54, 1.807) is 43.4 Å². The first kappa shape index (κ1) is 39.6. The molecule has 1 unspecified atom stereocenters. The molecule has 1 fully saturated rings. The van der Waals surface area contributed by atoms with Crippen LogP contribution in [0.1, 0.15) is 114 Å². The number of alkyl halides is 1. The number of hydrogen-bond donors (Lipinski definition) is 1. The molecule has 1 aliphatic rings. The minimum atomic E-state index is -0.279. The predicted octanol–water partition coefficient (Wildman–Crippen LogP) is 10.9. The van der Waals surface area contributed by atoms with Crippen molar-refractivity contribution < 1.29 is 36.8 Å². The number of furan rings is 5. The summed E-state index contributed by atoms with van der Waals surface area (Å²) in [6.07, 6.45) is 29.1. The largest absolute Gasteiger partial charge is 0.472 e. The Kier molecular flexibility index (Phi) is 21.5. The number of halogens is 1. The van der Waals surface area contributed by atoms with Crippen molar-refractivity contribution in [2.45, 2.75) is 90.6 Å². The molecule has 0 aliphatic heterocycles. The second-order valence-electron chi connectivity index (χ2n) is 11.1. The van der Waals surface area contributed by atoms with E-state index in [0.717, 1.165) is 55.8 Å². The van der Waals surface area contributed by atoms with E-state index >= 15 is 0 Å². The highest BCUT2D eigenvalue weighted by Gasteiger charge is 2.31. The van der Waals surface area contributed by atoms with Gasteiger partial charge in [-0.3, -0.25) is 9.59 Å². The number of aliphatic hydroxyl groups is 1. The zero-order chi connectivity index (χ0) is 34.0. The molecule has 5 aromatic rings. The second-order valence-corrected chi connectivity index (χ2v) is 12.2. The van der Waals surface area contributed by atoms with Gasteiger partial charge in [0.05, 0.1) is 61.8 Å². The number of aldehydes is 2. The van der Waals surface area contributed by atoms with Crippen LogP contribution in [0.3, 0.4) is 0 Å². The first-order chi connectivity index (χ1) is 23.0. The monoisotopic (exact) mass is 760 g/mol. The van der Waals surface area contributed by atoms with E-state index < -0.39 is 0 Å². The number of aryl methyl sites for hydroxylation is 3. The van der Waals surface area contributed by atoms with Crippen LogP contribution in [0.4, 0.5) is 0 Å². The van der Waals surface area contributed by atoms with Crippen LogP contribution in [0.15, 0.2) is 109 Å². The molecule has 0 aromatic carbocycles. The fraction of sp³-hybridized carbons (Fsp3) is 0.421. The third-order valence-corrected chi connectivity index (χ3v) is 7.83. The molecule has 1 N–H and O–H groups in total. The molecule has 8 nitrogen and oxygen atoms in total. The number of carbonyl (C=O) groups excluding carboxylic acids is 2. The Morgan fingerprint density at radius 3 is 1.72 bits per heavy atom. The van der Waals surface area contributed by atoms with Crippen molar-refractivity contribution in [3.05, 3.63) is 120 Å². The van der Waals surface area contributed by atoms with Crippen molar-refractivity contribution in [3.8, 4) is 0 Å². The summed E-state index contributed by atoms with van der Waals surface area (Å²) in [5.74, 6) is 0.925. The molecule has 47 heavy (non-hydrogen) atoms. The SMILES string of the molecule is CCCCc1ccoc1.CCCCc1coc(C=O)c1.ICCCCc1ccoc1.O=Cc1ccoc1.OC(c1ccoc1)C1CC1. The molecule has 6 rings (SSSR count). The van der Waals surface area contributed by atoms with Crippen molar-refractivity contribution in [1.29, 1.82) is 0 Å². The highest BCUT2D eigenvalue weighted by molar-refractivity contribution is 14.1. The predicted molar refractivity (Wildman–Crippen MR) is 191 cm³/mol. The van der Waals surface area contributed by atoms with Crippen LogP contribution in [0.2, 0.25) is 0 Å². The molecule has 5 aromatic heterocycles. The van der Waals surface area contributed by atoms with Crippen LogP contribution < -0.4 is 0 Å². The second kappa shape index (κ2) is 25.5. The van der Waals surface area contributed by atoms with Crippen LogP contribution in [0.5, 0.6) is 0 Å². The summed E-state index contributed by atoms with van der Waals surface area (Å²) in [7, 11) is 0. The highest BCUT2D eigenvalue weighted by Crippen LogP contribution is 2.40. The molecule has 0 radical (unpaired) electrons. The van der Waals surface area contributed by atoms with E-state index in [4.69, 9.17) is 17.7 Å². The molecule has 0 saturated heterocycles. The minimum absolute atomic E-state index is 0.279. The molecule has 1 saturated carbocycles. The summed E-state index contributed by atoms with van der Waals surface area (Å²) in [4.78, 5) is 20.0. The van der Waals surface area contributed by atoms with Crippen LogP contribution in [-0.2, 0) is 19.3 Å². The lowest BCUT2D eigenvalue weighted by Gasteiger charge is -2.03. The lowest BCUT2D eigenvalue weighted by atomic mass is 10.1. The Hall–Kier alpha value is -3.57. The number of carbonyl (C=O) groups is 2. The summed E-state index contributed by atoms with van der Waals surface area (Å²) >= 11 is 2.41. The average Bonchev–Trinajstić information content (AvgIpc) is 3.79. The van der Waals surface area contributed by atoms with E-state index in [0.29, 0.717) is 17.2 Å². The van der Waals surface area contributed by atoms with Gasteiger partial charge in [0.25, 0.3) is 0 Å². The first-order valence-electron chi connectivity index (χ1n) is 16.3. The standard InChI is InChI=1S/C9H12O2.C8H11IO.C8H10O2.C8H12O.C5H4O2/c1-2-3-4-8-5-9(6-10)11-7-8;9-5-2-1-3-8-4-6-10-7-8;9-8(6-1-2-6)7-3-4-10-5-7;1-2-3-4-8-5-6-9-7-8;6-3-5-1-2-7-4-5/h5-7H,2-4H2,1H3;4,6-7H,1-3,5H2;3-6,8-9H,1-2H2;5-7H,2-4H2,1H3;1-4H. The van der Waals surface area contributed by atoms with E-state index in [2.05, 4.69) is 40.9 Å². The van der Waals surface area contributed by atoms with E-state index in [9.17, 15) is 14.7 Å². The van der Waals surface area contributed by atoms with Crippen molar-refractivity contribution in [1.82, 2.24) is 0 Å². The molecule has 0 spiro atoms. The quantitative estimate of drug-likeness (QED) is 0.0514. The Balaban J connectivity index is 0.000000206. The first-order valence-corrected chi connectivity index (χ1v) is 17.8. The maximum absolute atomic E-state index is 10.2. The Morgan fingerprint density at radius 1 is 0.723 bits per heavy atom. The average molecular weight is 761 g/mol. The number of unbranched alkanes of at least 4 members (excludes halogenated alkanes) is 3. The van der Waals surface area contributed by atoms with Crippen molar-refractivity contribution in [3.63, 3.8) is 0 Å². The van der Waals surface area contributed by atoms with Gasteiger partial charge in [-0.1, -0.05) is 49.3 Å². The molecular formula is C38H49IO8. The zero-order valence-electron chi connectivity index (χ0n) is 27.6. The molecule has 0 amide bonds. The van der Waals surface area contributed by atoms with Crippen LogP contribution in [0.25, 0.3) is 0 Å². The van der Waals surface area contributed by atoms with Gasteiger partial charge >= 0.3 is 0 Å². The zero-order valence-corrected chi connectivity index (χ0v) is 29.7. The minimum Gasteiger partial charge on any atom is -0.472 e. The summed E-state index contributed by atoms with van der Waals surface area (Å²) in [5, 5.41) is 9.49. The van der Waals surface area contributed by atoms with Crippen LogP contribution in [0, 0.1) is 5.92 Å². The summed E-state index contributed by atoms with van der Waals surface area (Å²) in [6.45, 7) is 4.33. The maximum Gasteiger partial charge on any atom is 0.185 e. The van der Waals surface area contributed by atoms with E-state index in [1.165, 1.54) is 66.6 Å². The number of hydrogen-bond acceptors (Lipinski definition) is 8. The van der Waals surface area contributed by atoms with Crippen LogP contribution >= 0.6 is 22.6 Å². The van der Waals surface area contributed by atoms with E-state index in [1.807, 2.05) is 30.7 Å². The van der Waals surface area contributed by atoms with Gasteiger partial charge in [-0.25, -0.2) is 0 Å². The summed E-state index contributed by atoms with van der Waals surface area (Å²) in [5.41, 5.74) is 5.26. The van der Waals surface area contributed by atoms with Gasteiger partial charge < -0.3 is 27.2 Å². The van der Waals surface area contributed by atoms with Gasteiger partial charge in [-0.2, -0.15) is 0 Å². The normalized spacial score (nSPS) is 12.1. The van der Waals surface area contributed by atoms with Crippen molar-refractivity contribution in [2.75, 3.05) is 4.43 Å². The lowest BCUT2D eigenvalue weighted by molar-refractivity contribution is 0.109. The van der Waals surface area contributed by atoms with Crippen LogP contribution in [-0.4, -0.2) is 22.1 Å². The number of aliphatic hydroxyl groups excluding tert-OH is 1. The summed E-state index contributed by atoms with van der Waals surface area (Å²) < 4.78 is 25.5. The lowest BCUT2D eigenvalue weighted by Crippen LogP contribution is -1.96. The van der Waals surface area contributed by atoms with Crippen molar-refractivity contribution >= 4 is 35.2 Å². The van der Waals surface area contributed by atoms with Gasteiger partial charge in [0, 0.05) is 5.56 Å². The van der Waals surface area contributed by atoms with Gasteiger partial charge in [0.2, 0.25) is 0 Å². The smallest absolute Gasteiger partial charge is 0.185 e. The molecular weight excluding hydrogens is 711 g/mol. The van der Waals surface area contributed by atoms with Gasteiger partial charge in [0.15, 0.2) is 18.3 Å². The molecule has 1 aliphatic carbocycles. The topological polar surface area (TPSA) is 120 Å². The fourth-order valence-corrected chi connectivity index (χ4v) is 4.65. The molecule has 9 heteroatoms. The Bertz CT molecular complexity index is 1370. The number of rotatable bonds is 14. The highest BCUT2D eigenvalue weighted by atomic mass is 127. The Labute approximate surface area is 292 Å². The third-order valence-electron chi connectivity index (χ3n) is 7.07. The van der Waals surface area contributed by atoms with Gasteiger partial charge in [0.1, 0.15) is 6.26 Å². The van der Waals surface area contributed by atoms with Crippen molar-refractivity contribution in [2.24, 2.45) is 5.92 Å². The Morgan fingerprint density at radius 2 is 1.30 bits per heavy atom. The maximum atomic E-state index is 10.2. The van der Waals surface area contributed by atoms with E-state index in [-0.39, 0.29) is 6.10 Å². The molecule has 5 heterocycles. The summed E-state index contributed by atoms with van der Waals surface area (Å²) in [6, 6.07) is 9.28. The molecule has 256 valence electrons. The molecule has 1 atom stereocenters. The molecule has 0 bridgehead atoms. The van der Waals surface area contributed by atoms with Gasteiger partial charge in [-0.15, -0.1) is 0 Å². The van der Waals surface area contributed by atoms with Gasteiger partial charge in [-0.05, 0) is 115 Å². The fourth-order valence-electron chi connectivity index (χ4n) is 4.11. The third kappa shape index (κ3) is 18.4.